The lowest BCUT2D eigenvalue weighted by atomic mass is 9.95. The molecule has 5 nitrogen and oxygen atoms in total. The zero-order chi connectivity index (χ0) is 22.1. The number of allylic oxidation sites excluding steroid dienone is 1. The molecule has 1 atom stereocenters. The quantitative estimate of drug-likeness (QED) is 0.497. The molecule has 0 aliphatic carbocycles. The minimum absolute atomic E-state index is 0.126. The molecule has 3 aromatic rings. The normalized spacial score (nSPS) is 15.5. The van der Waals surface area contributed by atoms with Crippen molar-refractivity contribution in [3.05, 3.63) is 89.5 Å². The summed E-state index contributed by atoms with van der Waals surface area (Å²) in [6, 6.07) is 13.4. The predicted molar refractivity (Wildman–Crippen MR) is 119 cm³/mol. The average Bonchev–Trinajstić information content (AvgIpc) is 3.24. The number of hydrogen-bond donors (Lipinski definition) is 0. The maximum absolute atomic E-state index is 13.7. The number of anilines is 1. The Morgan fingerprint density at radius 1 is 1.16 bits per heavy atom. The van der Waals surface area contributed by atoms with Gasteiger partial charge in [-0.25, -0.2) is 4.39 Å². The standard InChI is InChI=1S/C25H26FN3O2/c1-5-14-28-24-22(21(27-28)15-16(2)3)23(17-6-8-18(26)9-7-17)29(25(24)30)19-10-12-20(31-4)13-11-19/h5-13,16,23H,1,14-15H2,2-4H3. The van der Waals surface area contributed by atoms with Crippen LogP contribution in [0.5, 0.6) is 5.75 Å². The molecule has 0 saturated heterocycles. The summed E-state index contributed by atoms with van der Waals surface area (Å²) in [6.07, 6.45) is 2.48. The monoisotopic (exact) mass is 419 g/mol. The van der Waals surface area contributed by atoms with Crippen molar-refractivity contribution in [1.82, 2.24) is 9.78 Å². The van der Waals surface area contributed by atoms with Crippen molar-refractivity contribution in [2.24, 2.45) is 5.92 Å². The van der Waals surface area contributed by atoms with Gasteiger partial charge in [-0.3, -0.25) is 14.4 Å². The predicted octanol–water partition coefficient (Wildman–Crippen LogP) is 5.17. The number of rotatable bonds is 7. The number of hydrogen-bond acceptors (Lipinski definition) is 3. The molecule has 0 radical (unpaired) electrons. The zero-order valence-corrected chi connectivity index (χ0v) is 18.0. The molecule has 2 aromatic carbocycles. The van der Waals surface area contributed by atoms with E-state index in [4.69, 9.17) is 9.84 Å². The van der Waals surface area contributed by atoms with Gasteiger partial charge in [0, 0.05) is 11.3 Å². The fourth-order valence-corrected chi connectivity index (χ4v) is 4.16. The number of amides is 1. The van der Waals surface area contributed by atoms with Gasteiger partial charge < -0.3 is 4.74 Å². The minimum Gasteiger partial charge on any atom is -0.497 e. The molecule has 1 amide bonds. The molecule has 31 heavy (non-hydrogen) atoms. The van der Waals surface area contributed by atoms with E-state index in [1.165, 1.54) is 12.1 Å². The van der Waals surface area contributed by atoms with Crippen molar-refractivity contribution >= 4 is 11.6 Å². The fraction of sp³-hybridized carbons (Fsp3) is 0.280. The van der Waals surface area contributed by atoms with E-state index in [1.54, 1.807) is 34.9 Å². The molecular weight excluding hydrogens is 393 g/mol. The van der Waals surface area contributed by atoms with Crippen LogP contribution in [-0.2, 0) is 13.0 Å². The molecule has 1 aliphatic rings. The Hall–Kier alpha value is -3.41. The maximum Gasteiger partial charge on any atom is 0.277 e. The van der Waals surface area contributed by atoms with Crippen molar-refractivity contribution < 1.29 is 13.9 Å². The van der Waals surface area contributed by atoms with E-state index < -0.39 is 0 Å². The molecule has 1 aromatic heterocycles. The largest absolute Gasteiger partial charge is 0.497 e. The van der Waals surface area contributed by atoms with Gasteiger partial charge in [-0.15, -0.1) is 6.58 Å². The second-order valence-electron chi connectivity index (χ2n) is 8.10. The first-order valence-corrected chi connectivity index (χ1v) is 10.4. The Morgan fingerprint density at radius 2 is 1.84 bits per heavy atom. The first kappa shape index (κ1) is 20.8. The summed E-state index contributed by atoms with van der Waals surface area (Å²) < 4.78 is 20.7. The molecule has 0 saturated carbocycles. The van der Waals surface area contributed by atoms with Gasteiger partial charge >= 0.3 is 0 Å². The van der Waals surface area contributed by atoms with Gasteiger partial charge in [0.1, 0.15) is 17.3 Å². The van der Waals surface area contributed by atoms with Crippen molar-refractivity contribution in [1.29, 1.82) is 0 Å². The number of halogens is 1. The number of aromatic nitrogens is 2. The molecule has 6 heteroatoms. The molecule has 4 rings (SSSR count). The van der Waals surface area contributed by atoms with E-state index in [0.29, 0.717) is 23.9 Å². The summed E-state index contributed by atoms with van der Waals surface area (Å²) in [7, 11) is 1.61. The summed E-state index contributed by atoms with van der Waals surface area (Å²) in [4.78, 5) is 15.5. The molecule has 0 N–H and O–H groups in total. The van der Waals surface area contributed by atoms with Crippen LogP contribution in [0.4, 0.5) is 10.1 Å². The Balaban J connectivity index is 1.92. The third-order valence-corrected chi connectivity index (χ3v) is 5.46. The Bertz CT molecular complexity index is 1100. The molecule has 0 bridgehead atoms. The highest BCUT2D eigenvalue weighted by Crippen LogP contribution is 2.44. The first-order chi connectivity index (χ1) is 14.9. The fourth-order valence-electron chi connectivity index (χ4n) is 4.16. The van der Waals surface area contributed by atoms with Gasteiger partial charge in [0.2, 0.25) is 0 Å². The van der Waals surface area contributed by atoms with Crippen LogP contribution in [0, 0.1) is 11.7 Å². The molecule has 0 fully saturated rings. The molecular formula is C25H26FN3O2. The number of benzene rings is 2. The molecule has 160 valence electrons. The van der Waals surface area contributed by atoms with E-state index in [9.17, 15) is 9.18 Å². The lowest BCUT2D eigenvalue weighted by molar-refractivity contribution is 0.0984. The van der Waals surface area contributed by atoms with Gasteiger partial charge in [0.15, 0.2) is 0 Å². The molecule has 1 unspecified atom stereocenters. The van der Waals surface area contributed by atoms with Crippen LogP contribution in [0.1, 0.15) is 47.2 Å². The summed E-state index contributed by atoms with van der Waals surface area (Å²) in [5, 5.41) is 4.76. The third-order valence-electron chi connectivity index (χ3n) is 5.46. The van der Waals surface area contributed by atoms with Crippen LogP contribution >= 0.6 is 0 Å². The van der Waals surface area contributed by atoms with Crippen molar-refractivity contribution in [3.8, 4) is 5.75 Å². The van der Waals surface area contributed by atoms with E-state index in [-0.39, 0.29) is 17.8 Å². The van der Waals surface area contributed by atoms with Crippen molar-refractivity contribution in [3.63, 3.8) is 0 Å². The topological polar surface area (TPSA) is 47.4 Å². The van der Waals surface area contributed by atoms with Gasteiger partial charge in [-0.1, -0.05) is 32.1 Å². The number of carbonyl (C=O) groups excluding carboxylic acids is 1. The van der Waals surface area contributed by atoms with Crippen LogP contribution in [0.3, 0.4) is 0 Å². The first-order valence-electron chi connectivity index (χ1n) is 10.4. The summed E-state index contributed by atoms with van der Waals surface area (Å²) in [5.74, 6) is 0.646. The van der Waals surface area contributed by atoms with Gasteiger partial charge in [0.25, 0.3) is 5.91 Å². The lowest BCUT2D eigenvalue weighted by Gasteiger charge is -2.27. The highest BCUT2D eigenvalue weighted by Gasteiger charge is 2.44. The van der Waals surface area contributed by atoms with Gasteiger partial charge in [-0.05, 0) is 54.3 Å². The number of carbonyl (C=O) groups is 1. The highest BCUT2D eigenvalue weighted by molar-refractivity contribution is 6.11. The number of ether oxygens (including phenoxy) is 1. The average molecular weight is 420 g/mol. The van der Waals surface area contributed by atoms with Crippen LogP contribution in [0.2, 0.25) is 0 Å². The minimum atomic E-state index is -0.385. The zero-order valence-electron chi connectivity index (χ0n) is 18.0. The van der Waals surface area contributed by atoms with E-state index in [2.05, 4.69) is 20.4 Å². The number of fused-ring (bicyclic) bond motifs is 1. The van der Waals surface area contributed by atoms with Crippen LogP contribution in [0.15, 0.2) is 61.2 Å². The SMILES string of the molecule is C=CCn1nc(CC(C)C)c2c1C(=O)N(c1ccc(OC)cc1)C2c1ccc(F)cc1. The Labute approximate surface area is 181 Å². The van der Waals surface area contributed by atoms with Crippen molar-refractivity contribution in [2.45, 2.75) is 32.9 Å². The molecule has 2 heterocycles. The van der Waals surface area contributed by atoms with E-state index >= 15 is 0 Å². The summed E-state index contributed by atoms with van der Waals surface area (Å²) in [6.45, 7) is 8.52. The number of methoxy groups -OCH3 is 1. The van der Waals surface area contributed by atoms with E-state index in [0.717, 1.165) is 28.9 Å². The second kappa shape index (κ2) is 8.38. The maximum atomic E-state index is 13.7. The summed E-state index contributed by atoms with van der Waals surface area (Å²) >= 11 is 0. The molecule has 0 spiro atoms. The molecule has 1 aliphatic heterocycles. The smallest absolute Gasteiger partial charge is 0.277 e. The van der Waals surface area contributed by atoms with Crippen LogP contribution < -0.4 is 9.64 Å². The third kappa shape index (κ3) is 3.74. The number of nitrogens with zero attached hydrogens (tertiary/aromatic N) is 3. The van der Waals surface area contributed by atoms with Gasteiger partial charge in [0.05, 0.1) is 25.4 Å². The Kier molecular flexibility index (Phi) is 5.63. The highest BCUT2D eigenvalue weighted by atomic mass is 19.1. The lowest BCUT2D eigenvalue weighted by Crippen LogP contribution is -2.30. The summed E-state index contributed by atoms with van der Waals surface area (Å²) in [5.41, 5.74) is 3.94. The van der Waals surface area contributed by atoms with E-state index in [1.807, 2.05) is 24.3 Å². The van der Waals surface area contributed by atoms with Gasteiger partial charge in [-0.2, -0.15) is 5.10 Å². The van der Waals surface area contributed by atoms with Crippen molar-refractivity contribution in [2.75, 3.05) is 12.0 Å². The Morgan fingerprint density at radius 3 is 2.42 bits per heavy atom. The van der Waals surface area contributed by atoms with Crippen LogP contribution in [-0.4, -0.2) is 22.8 Å². The van der Waals surface area contributed by atoms with Crippen LogP contribution in [0.25, 0.3) is 0 Å². The second-order valence-corrected chi connectivity index (χ2v) is 8.10.